The molecule has 1 saturated carbocycles. The van der Waals surface area contributed by atoms with Crippen LogP contribution in [0.25, 0.3) is 0 Å². The van der Waals surface area contributed by atoms with E-state index in [1.807, 2.05) is 0 Å². The van der Waals surface area contributed by atoms with Gasteiger partial charge in [0, 0.05) is 19.6 Å². The Hall–Kier alpha value is -2.56. The van der Waals surface area contributed by atoms with Crippen LogP contribution >= 0.6 is 0 Å². The molecule has 0 unspecified atom stereocenters. The van der Waals surface area contributed by atoms with Gasteiger partial charge in [0.2, 0.25) is 5.91 Å². The first-order valence-corrected chi connectivity index (χ1v) is 9.87. The third kappa shape index (κ3) is 3.47. The van der Waals surface area contributed by atoms with Crippen LogP contribution in [0.1, 0.15) is 40.0 Å². The molecule has 11 nitrogen and oxygen atoms in total. The van der Waals surface area contributed by atoms with Crippen molar-refractivity contribution in [3.63, 3.8) is 0 Å². The normalized spacial score (nSPS) is 27.6. The molecule has 5 amide bonds. The van der Waals surface area contributed by atoms with E-state index in [2.05, 4.69) is 10.9 Å². The lowest BCUT2D eigenvalue weighted by molar-refractivity contribution is -0.136. The minimum absolute atomic E-state index is 0.203. The largest absolute Gasteiger partial charge is 0.444 e. The van der Waals surface area contributed by atoms with E-state index in [4.69, 9.17) is 4.74 Å². The van der Waals surface area contributed by atoms with Gasteiger partial charge < -0.3 is 14.5 Å². The van der Waals surface area contributed by atoms with Gasteiger partial charge in [-0.25, -0.2) is 14.7 Å². The predicted octanol–water partition coefficient (Wildman–Crippen LogP) is 0.0486. The maximum atomic E-state index is 12.6. The molecule has 0 aromatic heterocycles. The van der Waals surface area contributed by atoms with E-state index in [9.17, 15) is 24.4 Å². The van der Waals surface area contributed by atoms with Crippen molar-refractivity contribution in [2.45, 2.75) is 57.7 Å². The molecule has 2 bridgehead atoms. The molecular weight excluding hydrogens is 382 g/mol. The first kappa shape index (κ1) is 19.7. The minimum Gasteiger partial charge on any atom is -0.444 e. The van der Waals surface area contributed by atoms with Crippen LogP contribution in [-0.4, -0.2) is 81.3 Å². The molecule has 160 valence electrons. The van der Waals surface area contributed by atoms with E-state index in [0.29, 0.717) is 13.0 Å². The summed E-state index contributed by atoms with van der Waals surface area (Å²) in [6.07, 6.45) is 1.74. The van der Waals surface area contributed by atoms with Crippen molar-refractivity contribution in [3.05, 3.63) is 0 Å². The maximum Gasteiger partial charge on any atom is 0.410 e. The van der Waals surface area contributed by atoms with Gasteiger partial charge >= 0.3 is 12.1 Å². The highest BCUT2D eigenvalue weighted by molar-refractivity contribution is 5.91. The van der Waals surface area contributed by atoms with Gasteiger partial charge in [0.1, 0.15) is 11.6 Å². The van der Waals surface area contributed by atoms with Gasteiger partial charge in [0.05, 0.1) is 12.0 Å². The number of nitrogens with zero attached hydrogens (tertiary/aromatic N) is 3. The van der Waals surface area contributed by atoms with Crippen LogP contribution in [0.4, 0.5) is 9.59 Å². The standard InChI is InChI=1S/C18H27N5O6/c1-17(2,3)29-16(27)21-7-10(8-21)13(24)19-20-14(25)11-6-18(4-5-18)12-9-22(11)15(26)23(12)28/h10-12,28H,4-9H2,1-3H3,(H,19,24)(H,20,25)/t11-,12+/m0/s1. The molecule has 0 aromatic rings. The number of hydroxylamine groups is 2. The summed E-state index contributed by atoms with van der Waals surface area (Å²) in [5.74, 6) is -1.31. The number of hydrazine groups is 1. The Morgan fingerprint density at radius 2 is 1.72 bits per heavy atom. The highest BCUT2D eigenvalue weighted by atomic mass is 16.6. The SMILES string of the molecule is CC(C)(C)OC(=O)N1CC(C(=O)NNC(=O)[C@@H]2CC3(CC3)[C@H]3CN2C(=O)N3O)C1. The second-order valence-electron chi connectivity index (χ2n) is 9.44. The van der Waals surface area contributed by atoms with E-state index >= 15 is 0 Å². The molecular formula is C18H27N5O6. The van der Waals surface area contributed by atoms with Crippen LogP contribution in [0.3, 0.4) is 0 Å². The molecule has 11 heteroatoms. The fourth-order valence-electron chi connectivity index (χ4n) is 4.31. The number of hydrogen-bond acceptors (Lipinski definition) is 6. The third-order valence-electron chi connectivity index (χ3n) is 6.20. The van der Waals surface area contributed by atoms with Gasteiger partial charge in [0.25, 0.3) is 5.91 Å². The predicted molar refractivity (Wildman–Crippen MR) is 97.2 cm³/mol. The lowest BCUT2D eigenvalue weighted by Crippen LogP contribution is -2.61. The van der Waals surface area contributed by atoms with Crippen LogP contribution in [0, 0.1) is 11.3 Å². The summed E-state index contributed by atoms with van der Waals surface area (Å²) in [7, 11) is 0. The Morgan fingerprint density at radius 3 is 2.31 bits per heavy atom. The van der Waals surface area contributed by atoms with Crippen LogP contribution in [0.15, 0.2) is 0 Å². The van der Waals surface area contributed by atoms with Gasteiger partial charge in [-0.15, -0.1) is 0 Å². The molecule has 3 N–H and O–H groups in total. The number of fused-ring (bicyclic) bond motifs is 3. The van der Waals surface area contributed by atoms with Gasteiger partial charge in [-0.05, 0) is 45.4 Å². The quantitative estimate of drug-likeness (QED) is 0.436. The number of urea groups is 1. The number of piperidine rings is 1. The Kier molecular flexibility index (Phi) is 4.41. The second kappa shape index (κ2) is 6.48. The summed E-state index contributed by atoms with van der Waals surface area (Å²) < 4.78 is 5.24. The van der Waals surface area contributed by atoms with Gasteiger partial charge in [-0.1, -0.05) is 0 Å². The highest BCUT2D eigenvalue weighted by Gasteiger charge is 2.63. The molecule has 29 heavy (non-hydrogen) atoms. The van der Waals surface area contributed by atoms with E-state index in [1.165, 1.54) is 9.80 Å². The molecule has 3 aliphatic heterocycles. The lowest BCUT2D eigenvalue weighted by Gasteiger charge is -2.39. The van der Waals surface area contributed by atoms with Crippen molar-refractivity contribution in [2.75, 3.05) is 19.6 Å². The molecule has 4 rings (SSSR count). The zero-order valence-electron chi connectivity index (χ0n) is 16.8. The maximum absolute atomic E-state index is 12.6. The van der Waals surface area contributed by atoms with Crippen molar-refractivity contribution in [2.24, 2.45) is 11.3 Å². The number of likely N-dealkylation sites (tertiary alicyclic amines) is 1. The van der Waals surface area contributed by atoms with Crippen LogP contribution in [0.2, 0.25) is 0 Å². The van der Waals surface area contributed by atoms with E-state index in [1.54, 1.807) is 20.8 Å². The van der Waals surface area contributed by atoms with E-state index in [-0.39, 0.29) is 24.5 Å². The number of ether oxygens (including phenoxy) is 1. The first-order chi connectivity index (χ1) is 13.5. The van der Waals surface area contributed by atoms with Crippen LogP contribution < -0.4 is 10.9 Å². The van der Waals surface area contributed by atoms with E-state index < -0.39 is 41.5 Å². The fraction of sp³-hybridized carbons (Fsp3) is 0.778. The number of amides is 5. The molecule has 4 fully saturated rings. The zero-order valence-corrected chi connectivity index (χ0v) is 16.8. The summed E-state index contributed by atoms with van der Waals surface area (Å²) in [4.78, 5) is 51.8. The Morgan fingerprint density at radius 1 is 1.10 bits per heavy atom. The average Bonchev–Trinajstić information content (AvgIpc) is 3.29. The summed E-state index contributed by atoms with van der Waals surface area (Å²) in [5.41, 5.74) is 3.98. The zero-order chi connectivity index (χ0) is 21.1. The fourth-order valence-corrected chi connectivity index (χ4v) is 4.31. The van der Waals surface area contributed by atoms with Crippen molar-refractivity contribution >= 4 is 23.9 Å². The Balaban J connectivity index is 1.26. The number of rotatable bonds is 2. The second-order valence-corrected chi connectivity index (χ2v) is 9.44. The molecule has 0 radical (unpaired) electrons. The highest BCUT2D eigenvalue weighted by Crippen LogP contribution is 2.58. The van der Waals surface area contributed by atoms with Crippen LogP contribution in [-0.2, 0) is 14.3 Å². The Labute approximate surface area is 168 Å². The molecule has 2 atom stereocenters. The molecule has 1 aliphatic carbocycles. The summed E-state index contributed by atoms with van der Waals surface area (Å²) in [6.45, 7) is 6.05. The van der Waals surface area contributed by atoms with Gasteiger partial charge in [-0.2, -0.15) is 0 Å². The average molecular weight is 409 g/mol. The number of carbonyl (C=O) groups is 4. The first-order valence-electron chi connectivity index (χ1n) is 9.87. The van der Waals surface area contributed by atoms with Crippen molar-refractivity contribution in [1.82, 2.24) is 25.7 Å². The van der Waals surface area contributed by atoms with Gasteiger partial charge in [0.15, 0.2) is 0 Å². The number of hydrogen-bond donors (Lipinski definition) is 3. The molecule has 1 spiro atoms. The third-order valence-corrected chi connectivity index (χ3v) is 6.20. The summed E-state index contributed by atoms with van der Waals surface area (Å²) in [5, 5.41) is 10.8. The number of carbonyl (C=O) groups excluding carboxylic acids is 4. The molecule has 3 heterocycles. The number of nitrogens with one attached hydrogen (secondary N) is 2. The summed E-state index contributed by atoms with van der Waals surface area (Å²) >= 11 is 0. The lowest BCUT2D eigenvalue weighted by atomic mass is 9.85. The van der Waals surface area contributed by atoms with Crippen molar-refractivity contribution in [3.8, 4) is 0 Å². The van der Waals surface area contributed by atoms with Crippen LogP contribution in [0.5, 0.6) is 0 Å². The van der Waals surface area contributed by atoms with Crippen molar-refractivity contribution < 1.29 is 29.1 Å². The minimum atomic E-state index is -0.724. The smallest absolute Gasteiger partial charge is 0.410 e. The van der Waals surface area contributed by atoms with Gasteiger partial charge in [-0.3, -0.25) is 25.6 Å². The molecule has 4 aliphatic rings. The monoisotopic (exact) mass is 409 g/mol. The van der Waals surface area contributed by atoms with E-state index in [0.717, 1.165) is 17.9 Å². The van der Waals surface area contributed by atoms with Crippen molar-refractivity contribution in [1.29, 1.82) is 0 Å². The molecule has 3 saturated heterocycles. The summed E-state index contributed by atoms with van der Waals surface area (Å²) in [6, 6.07) is -1.56. The topological polar surface area (TPSA) is 132 Å². The Bertz CT molecular complexity index is 754. The molecule has 0 aromatic carbocycles.